The number of hydrogen-bond donors (Lipinski definition) is 2. The minimum atomic E-state index is -0.261. The summed E-state index contributed by atoms with van der Waals surface area (Å²) in [6, 6.07) is 3.87. The van der Waals surface area contributed by atoms with Gasteiger partial charge in [0.1, 0.15) is 11.6 Å². The monoisotopic (exact) mass is 381 g/mol. The predicted octanol–water partition coefficient (Wildman–Crippen LogP) is 3.77. The van der Waals surface area contributed by atoms with Crippen molar-refractivity contribution in [3.05, 3.63) is 46.9 Å². The van der Waals surface area contributed by atoms with Crippen molar-refractivity contribution in [1.29, 1.82) is 0 Å². The number of nitrogens with one attached hydrogen (secondary N) is 1. The fourth-order valence-electron chi connectivity index (χ4n) is 4.00. The van der Waals surface area contributed by atoms with Crippen LogP contribution in [0.1, 0.15) is 50.7 Å². The van der Waals surface area contributed by atoms with Crippen LogP contribution in [0.25, 0.3) is 0 Å². The Balaban J connectivity index is 1.93. The number of nitrogens with two attached hydrogens (primary N) is 1. The van der Waals surface area contributed by atoms with Crippen molar-refractivity contribution in [2.24, 2.45) is 5.41 Å². The lowest BCUT2D eigenvalue weighted by molar-refractivity contribution is -0.118. The summed E-state index contributed by atoms with van der Waals surface area (Å²) in [7, 11) is 0. The number of pyridine rings is 1. The molecule has 4 rings (SSSR count). The van der Waals surface area contributed by atoms with E-state index < -0.39 is 0 Å². The molecule has 0 fully saturated rings. The van der Waals surface area contributed by atoms with Crippen molar-refractivity contribution in [3.63, 3.8) is 0 Å². The second-order valence-corrected chi connectivity index (χ2v) is 8.99. The highest BCUT2D eigenvalue weighted by Gasteiger charge is 2.42. The zero-order valence-corrected chi connectivity index (χ0v) is 16.6. The van der Waals surface area contributed by atoms with E-state index in [0.717, 1.165) is 34.6 Å². The lowest BCUT2D eigenvalue weighted by atomic mass is 9.69. The van der Waals surface area contributed by atoms with E-state index in [1.54, 1.807) is 24.2 Å². The first kappa shape index (κ1) is 18.0. The van der Waals surface area contributed by atoms with E-state index in [-0.39, 0.29) is 17.1 Å². The second-order valence-electron chi connectivity index (χ2n) is 7.76. The average Bonchev–Trinajstić information content (AvgIpc) is 2.60. The van der Waals surface area contributed by atoms with Crippen molar-refractivity contribution in [1.82, 2.24) is 15.0 Å². The fraction of sp³-hybridized carbons (Fsp3) is 0.400. The largest absolute Gasteiger partial charge is 0.383 e. The molecule has 2 aromatic heterocycles. The van der Waals surface area contributed by atoms with Crippen molar-refractivity contribution in [2.45, 2.75) is 44.7 Å². The van der Waals surface area contributed by atoms with Gasteiger partial charge in [0.05, 0.1) is 0 Å². The second kappa shape index (κ2) is 6.64. The molecule has 0 radical (unpaired) electrons. The van der Waals surface area contributed by atoms with Gasteiger partial charge in [-0.1, -0.05) is 32.5 Å². The lowest BCUT2D eigenvalue weighted by Crippen LogP contribution is -2.34. The number of nitrogens with zero attached hydrogens (tertiary/aromatic N) is 3. The standard InChI is InChI=1S/C20H23N5OS/c1-4-27-19-24-17(21)16-14(11-5-7-22-8-6-11)15-12(23-18(16)25-19)9-20(2,3)10-13(15)26/h5-8,14H,4,9-10H2,1-3H3,(H3,21,23,24,25). The number of Topliss-reactive ketones (excluding diaryl/α,β-unsaturated/α-hetero) is 1. The quantitative estimate of drug-likeness (QED) is 0.617. The van der Waals surface area contributed by atoms with Gasteiger partial charge in [0.25, 0.3) is 0 Å². The maximum absolute atomic E-state index is 13.1. The molecule has 2 aromatic rings. The lowest BCUT2D eigenvalue weighted by Gasteiger charge is -2.39. The molecule has 140 valence electrons. The normalized spacial score (nSPS) is 20.7. The SMILES string of the molecule is CCSc1nc(N)c2c(n1)NC1=C(C(=O)CC(C)(C)C1)C2c1ccncc1. The molecular weight excluding hydrogens is 358 g/mol. The van der Waals surface area contributed by atoms with Crippen LogP contribution in [0.15, 0.2) is 41.0 Å². The number of thioether (sulfide) groups is 1. The molecule has 1 aliphatic heterocycles. The maximum atomic E-state index is 13.1. The first-order valence-corrected chi connectivity index (χ1v) is 10.1. The number of carbonyl (C=O) groups excluding carboxylic acids is 1. The van der Waals surface area contributed by atoms with Crippen molar-refractivity contribution >= 4 is 29.2 Å². The Labute approximate surface area is 163 Å². The van der Waals surface area contributed by atoms with Crippen LogP contribution in [-0.2, 0) is 4.79 Å². The van der Waals surface area contributed by atoms with Crippen LogP contribution < -0.4 is 11.1 Å². The van der Waals surface area contributed by atoms with Gasteiger partial charge in [-0.15, -0.1) is 0 Å². The molecule has 2 aliphatic rings. The summed E-state index contributed by atoms with van der Waals surface area (Å²) in [5.41, 5.74) is 9.80. The van der Waals surface area contributed by atoms with Crippen LogP contribution in [0, 0.1) is 5.41 Å². The molecule has 1 unspecified atom stereocenters. The van der Waals surface area contributed by atoms with E-state index in [1.165, 1.54) is 0 Å². The Morgan fingerprint density at radius 2 is 2.00 bits per heavy atom. The van der Waals surface area contributed by atoms with Crippen LogP contribution in [0.5, 0.6) is 0 Å². The van der Waals surface area contributed by atoms with Crippen molar-refractivity contribution < 1.29 is 4.79 Å². The minimum Gasteiger partial charge on any atom is -0.383 e. The summed E-state index contributed by atoms with van der Waals surface area (Å²) in [6.07, 6.45) is 4.81. The van der Waals surface area contributed by atoms with Crippen LogP contribution in [0.4, 0.5) is 11.6 Å². The molecule has 0 amide bonds. The minimum absolute atomic E-state index is 0.0806. The third-order valence-electron chi connectivity index (χ3n) is 5.03. The van der Waals surface area contributed by atoms with Gasteiger partial charge < -0.3 is 11.1 Å². The molecule has 1 atom stereocenters. The van der Waals surface area contributed by atoms with Crippen LogP contribution in [0.3, 0.4) is 0 Å². The number of allylic oxidation sites excluding steroid dienone is 2. The molecule has 1 aliphatic carbocycles. The summed E-state index contributed by atoms with van der Waals surface area (Å²) in [5, 5.41) is 4.08. The Morgan fingerprint density at radius 3 is 2.70 bits per heavy atom. The topological polar surface area (TPSA) is 93.8 Å². The number of hydrogen-bond acceptors (Lipinski definition) is 7. The number of rotatable bonds is 3. The molecule has 0 saturated heterocycles. The van der Waals surface area contributed by atoms with Crippen LogP contribution in [0.2, 0.25) is 0 Å². The number of aromatic nitrogens is 3. The molecule has 0 saturated carbocycles. The van der Waals surface area contributed by atoms with Gasteiger partial charge in [0.2, 0.25) is 0 Å². The van der Waals surface area contributed by atoms with E-state index in [4.69, 9.17) is 10.7 Å². The van der Waals surface area contributed by atoms with Crippen molar-refractivity contribution in [2.75, 3.05) is 16.8 Å². The van der Waals surface area contributed by atoms with E-state index in [2.05, 4.69) is 36.1 Å². The first-order chi connectivity index (χ1) is 12.9. The average molecular weight is 382 g/mol. The fourth-order valence-corrected chi connectivity index (χ4v) is 4.57. The summed E-state index contributed by atoms with van der Waals surface area (Å²) in [5.74, 6) is 1.90. The molecular formula is C20H23N5OS. The Morgan fingerprint density at radius 1 is 1.26 bits per heavy atom. The molecule has 0 aromatic carbocycles. The van der Waals surface area contributed by atoms with Gasteiger partial charge in [-0.25, -0.2) is 9.97 Å². The number of nitrogen functional groups attached to an aromatic ring is 1. The van der Waals surface area contributed by atoms with Gasteiger partial charge >= 0.3 is 0 Å². The van der Waals surface area contributed by atoms with Gasteiger partial charge in [-0.2, -0.15) is 0 Å². The number of carbonyl (C=O) groups is 1. The third-order valence-corrected chi connectivity index (χ3v) is 5.76. The Kier molecular flexibility index (Phi) is 4.42. The van der Waals surface area contributed by atoms with E-state index in [0.29, 0.717) is 23.2 Å². The predicted molar refractivity (Wildman–Crippen MR) is 108 cm³/mol. The van der Waals surface area contributed by atoms with Crippen molar-refractivity contribution in [3.8, 4) is 0 Å². The molecule has 3 N–H and O–H groups in total. The number of anilines is 2. The van der Waals surface area contributed by atoms with Gasteiger partial charge in [-0.05, 0) is 35.3 Å². The van der Waals surface area contributed by atoms with E-state index in [9.17, 15) is 4.79 Å². The molecule has 27 heavy (non-hydrogen) atoms. The third kappa shape index (κ3) is 3.20. The summed E-state index contributed by atoms with van der Waals surface area (Å²) >= 11 is 1.55. The van der Waals surface area contributed by atoms with Gasteiger partial charge in [0.15, 0.2) is 10.9 Å². The maximum Gasteiger partial charge on any atom is 0.191 e. The molecule has 6 nitrogen and oxygen atoms in total. The summed E-state index contributed by atoms with van der Waals surface area (Å²) in [4.78, 5) is 26.4. The van der Waals surface area contributed by atoms with Crippen LogP contribution in [-0.4, -0.2) is 26.5 Å². The van der Waals surface area contributed by atoms with E-state index >= 15 is 0 Å². The van der Waals surface area contributed by atoms with E-state index in [1.807, 2.05) is 12.1 Å². The highest BCUT2D eigenvalue weighted by Crippen LogP contribution is 2.49. The smallest absolute Gasteiger partial charge is 0.191 e. The molecule has 3 heterocycles. The van der Waals surface area contributed by atoms with Gasteiger partial charge in [-0.3, -0.25) is 9.78 Å². The molecule has 0 spiro atoms. The number of ketones is 1. The molecule has 0 bridgehead atoms. The first-order valence-electron chi connectivity index (χ1n) is 9.13. The highest BCUT2D eigenvalue weighted by atomic mass is 32.2. The molecule has 7 heteroatoms. The number of fused-ring (bicyclic) bond motifs is 1. The summed E-state index contributed by atoms with van der Waals surface area (Å²) in [6.45, 7) is 6.31. The zero-order chi connectivity index (χ0) is 19.2. The Hall–Kier alpha value is -2.41. The highest BCUT2D eigenvalue weighted by molar-refractivity contribution is 7.99. The summed E-state index contributed by atoms with van der Waals surface area (Å²) < 4.78 is 0. The van der Waals surface area contributed by atoms with Crippen LogP contribution >= 0.6 is 11.8 Å². The van der Waals surface area contributed by atoms with Gasteiger partial charge in [0, 0.05) is 41.6 Å². The Bertz CT molecular complexity index is 939. The zero-order valence-electron chi connectivity index (χ0n) is 15.7.